The smallest absolute Gasteiger partial charge is 0.225 e. The second kappa shape index (κ2) is 6.92. The van der Waals surface area contributed by atoms with Gasteiger partial charge in [0.25, 0.3) is 0 Å². The fourth-order valence-corrected chi connectivity index (χ4v) is 3.80. The fourth-order valence-electron chi connectivity index (χ4n) is 3.80. The third-order valence-corrected chi connectivity index (χ3v) is 5.04. The molecule has 6 nitrogen and oxygen atoms in total. The topological polar surface area (TPSA) is 60.4 Å². The van der Waals surface area contributed by atoms with Crippen molar-refractivity contribution < 1.29 is 13.9 Å². The molecule has 25 heavy (non-hydrogen) atoms. The Kier molecular flexibility index (Phi) is 4.48. The normalized spacial score (nSPS) is 26.1. The summed E-state index contributed by atoms with van der Waals surface area (Å²) in [6.45, 7) is 2.89. The highest BCUT2D eigenvalue weighted by Crippen LogP contribution is 2.41. The van der Waals surface area contributed by atoms with Crippen LogP contribution < -0.4 is 9.64 Å². The van der Waals surface area contributed by atoms with Crippen LogP contribution in [0.15, 0.2) is 36.9 Å². The van der Waals surface area contributed by atoms with E-state index in [9.17, 15) is 4.39 Å². The van der Waals surface area contributed by atoms with Crippen LogP contribution in [0.2, 0.25) is 0 Å². The lowest BCUT2D eigenvalue weighted by Gasteiger charge is -2.50. The van der Waals surface area contributed by atoms with Gasteiger partial charge in [-0.25, -0.2) is 14.4 Å². The summed E-state index contributed by atoms with van der Waals surface area (Å²) in [4.78, 5) is 14.5. The molecule has 2 saturated heterocycles. The summed E-state index contributed by atoms with van der Waals surface area (Å²) in [6, 6.07) is 3.77. The number of hydrogen-bond acceptors (Lipinski definition) is 6. The molecule has 0 amide bonds. The molecule has 2 aromatic heterocycles. The van der Waals surface area contributed by atoms with E-state index in [-0.39, 0.29) is 11.5 Å². The number of pyridine rings is 1. The molecule has 4 heterocycles. The summed E-state index contributed by atoms with van der Waals surface area (Å²) in [5.41, 5.74) is -0.121. The Hall–Kier alpha value is -2.28. The van der Waals surface area contributed by atoms with Crippen LogP contribution >= 0.6 is 0 Å². The Bertz CT molecular complexity index is 700. The van der Waals surface area contributed by atoms with E-state index < -0.39 is 5.82 Å². The van der Waals surface area contributed by atoms with Gasteiger partial charge in [-0.3, -0.25) is 4.98 Å². The van der Waals surface area contributed by atoms with Crippen LogP contribution in [0, 0.1) is 11.2 Å². The zero-order valence-electron chi connectivity index (χ0n) is 14.0. The third kappa shape index (κ3) is 3.42. The van der Waals surface area contributed by atoms with E-state index in [2.05, 4.69) is 19.9 Å². The highest BCUT2D eigenvalue weighted by atomic mass is 19.1. The van der Waals surface area contributed by atoms with Crippen molar-refractivity contribution in [3.05, 3.63) is 42.7 Å². The van der Waals surface area contributed by atoms with Crippen LogP contribution in [0.4, 0.5) is 10.3 Å². The summed E-state index contributed by atoms with van der Waals surface area (Å²) in [6.07, 6.45) is 8.95. The third-order valence-electron chi connectivity index (χ3n) is 5.04. The quantitative estimate of drug-likeness (QED) is 0.849. The number of hydrogen-bond donors (Lipinski definition) is 0. The van der Waals surface area contributed by atoms with E-state index in [1.54, 1.807) is 12.4 Å². The molecule has 132 valence electrons. The van der Waals surface area contributed by atoms with Crippen LogP contribution in [0.25, 0.3) is 0 Å². The zero-order chi connectivity index (χ0) is 17.1. The van der Waals surface area contributed by atoms with Crippen LogP contribution in [-0.2, 0) is 4.74 Å². The molecule has 0 aromatic carbocycles. The van der Waals surface area contributed by atoms with Crippen molar-refractivity contribution in [1.82, 2.24) is 15.0 Å². The predicted octanol–water partition coefficient (Wildman–Crippen LogP) is 2.47. The van der Waals surface area contributed by atoms with Crippen LogP contribution in [0.5, 0.6) is 5.75 Å². The van der Waals surface area contributed by atoms with Crippen molar-refractivity contribution >= 4 is 5.95 Å². The second-order valence-corrected chi connectivity index (χ2v) is 6.71. The van der Waals surface area contributed by atoms with Crippen molar-refractivity contribution in [3.63, 3.8) is 0 Å². The standard InChI is InChI=1S/C18H21FN4O2/c19-14-9-21-17(22-10-14)23-7-4-16-18(12-23,5-2-8-24-16)13-25-15-3-1-6-20-11-15/h1,3,6,9-11,16H,2,4-5,7-8,12-13H2/t16-,18+/m1/s1. The number of nitrogens with zero attached hydrogens (tertiary/aromatic N) is 4. The first-order valence-electron chi connectivity index (χ1n) is 8.62. The van der Waals surface area contributed by atoms with Gasteiger partial charge in [0.15, 0.2) is 5.82 Å². The SMILES string of the molecule is Fc1cnc(N2CC[C@H]3OCCC[C@@]3(COc3cccnc3)C2)nc1. The molecule has 2 fully saturated rings. The highest BCUT2D eigenvalue weighted by Gasteiger charge is 2.47. The lowest BCUT2D eigenvalue weighted by Crippen LogP contribution is -2.57. The fraction of sp³-hybridized carbons (Fsp3) is 0.500. The van der Waals surface area contributed by atoms with Gasteiger partial charge in [0.1, 0.15) is 5.75 Å². The average Bonchev–Trinajstić information content (AvgIpc) is 2.67. The van der Waals surface area contributed by atoms with Crippen LogP contribution in [0.3, 0.4) is 0 Å². The van der Waals surface area contributed by atoms with Crippen molar-refractivity contribution in [2.24, 2.45) is 5.41 Å². The Labute approximate surface area is 146 Å². The number of halogens is 1. The van der Waals surface area contributed by atoms with Gasteiger partial charge in [-0.05, 0) is 31.4 Å². The Morgan fingerprint density at radius 2 is 2.20 bits per heavy atom. The van der Waals surface area contributed by atoms with E-state index in [0.717, 1.165) is 44.7 Å². The molecular formula is C18H21FN4O2. The molecule has 2 aliphatic heterocycles. The molecular weight excluding hydrogens is 323 g/mol. The van der Waals surface area contributed by atoms with Gasteiger partial charge >= 0.3 is 0 Å². The first-order valence-corrected chi connectivity index (χ1v) is 8.62. The summed E-state index contributed by atoms with van der Waals surface area (Å²) >= 11 is 0. The highest BCUT2D eigenvalue weighted by molar-refractivity contribution is 5.31. The largest absolute Gasteiger partial charge is 0.491 e. The van der Waals surface area contributed by atoms with Gasteiger partial charge in [0.05, 0.1) is 31.3 Å². The van der Waals surface area contributed by atoms with E-state index >= 15 is 0 Å². The maximum Gasteiger partial charge on any atom is 0.225 e. The zero-order valence-corrected chi connectivity index (χ0v) is 14.0. The number of rotatable bonds is 4. The Balaban J connectivity index is 1.53. The molecule has 0 saturated carbocycles. The first kappa shape index (κ1) is 16.2. The lowest BCUT2D eigenvalue weighted by molar-refractivity contribution is -0.110. The van der Waals surface area contributed by atoms with E-state index in [4.69, 9.17) is 9.47 Å². The molecule has 0 N–H and O–H groups in total. The van der Waals surface area contributed by atoms with Gasteiger partial charge in [0, 0.05) is 31.3 Å². The molecule has 0 aliphatic carbocycles. The molecule has 0 radical (unpaired) electrons. The minimum Gasteiger partial charge on any atom is -0.491 e. The van der Waals surface area contributed by atoms with Gasteiger partial charge in [-0.1, -0.05) is 0 Å². The number of aromatic nitrogens is 3. The first-order chi connectivity index (χ1) is 12.3. The van der Waals surface area contributed by atoms with Crippen LogP contribution in [0.1, 0.15) is 19.3 Å². The summed E-state index contributed by atoms with van der Waals surface area (Å²) in [5, 5.41) is 0. The molecule has 4 rings (SSSR count). The van der Waals surface area contributed by atoms with Crippen molar-refractivity contribution in [1.29, 1.82) is 0 Å². The van der Waals surface area contributed by atoms with Crippen LogP contribution in [-0.4, -0.2) is 47.4 Å². The number of ether oxygens (including phenoxy) is 2. The molecule has 2 aromatic rings. The second-order valence-electron chi connectivity index (χ2n) is 6.71. The summed E-state index contributed by atoms with van der Waals surface area (Å²) in [7, 11) is 0. The minimum absolute atomic E-state index is 0.121. The van der Waals surface area contributed by atoms with E-state index in [0.29, 0.717) is 12.6 Å². The molecule has 7 heteroatoms. The van der Waals surface area contributed by atoms with E-state index in [1.807, 2.05) is 12.1 Å². The van der Waals surface area contributed by atoms with Gasteiger partial charge in [-0.15, -0.1) is 0 Å². The molecule has 2 atom stereocenters. The molecule has 0 spiro atoms. The summed E-state index contributed by atoms with van der Waals surface area (Å²) < 4.78 is 25.2. The number of anilines is 1. The van der Waals surface area contributed by atoms with Gasteiger partial charge < -0.3 is 14.4 Å². The van der Waals surface area contributed by atoms with Crippen molar-refractivity contribution in [2.45, 2.75) is 25.4 Å². The Morgan fingerprint density at radius 3 is 3.00 bits per heavy atom. The maximum atomic E-state index is 13.1. The number of piperidine rings is 1. The monoisotopic (exact) mass is 344 g/mol. The molecule has 2 aliphatic rings. The minimum atomic E-state index is -0.422. The molecule has 0 unspecified atom stereocenters. The Morgan fingerprint density at radius 1 is 1.32 bits per heavy atom. The number of fused-ring (bicyclic) bond motifs is 1. The van der Waals surface area contributed by atoms with Gasteiger partial charge in [0.2, 0.25) is 5.95 Å². The van der Waals surface area contributed by atoms with Crippen molar-refractivity contribution in [2.75, 3.05) is 31.2 Å². The van der Waals surface area contributed by atoms with Gasteiger partial charge in [-0.2, -0.15) is 0 Å². The maximum absolute atomic E-state index is 13.1. The van der Waals surface area contributed by atoms with Crippen molar-refractivity contribution in [3.8, 4) is 5.75 Å². The van der Waals surface area contributed by atoms with E-state index in [1.165, 1.54) is 12.4 Å². The summed E-state index contributed by atoms with van der Waals surface area (Å²) in [5.74, 6) is 0.900. The lowest BCUT2D eigenvalue weighted by atomic mass is 9.73. The average molecular weight is 344 g/mol. The molecule has 0 bridgehead atoms. The predicted molar refractivity (Wildman–Crippen MR) is 90.0 cm³/mol.